The molecule has 35 heavy (non-hydrogen) atoms. The summed E-state index contributed by atoms with van der Waals surface area (Å²) in [5.41, 5.74) is 1.27. The summed E-state index contributed by atoms with van der Waals surface area (Å²) in [6.45, 7) is 6.31. The maximum absolute atomic E-state index is 13.3. The lowest BCUT2D eigenvalue weighted by atomic mass is 9.86. The first-order chi connectivity index (χ1) is 16.7. The first-order valence-corrected chi connectivity index (χ1v) is 13.9. The third-order valence-corrected chi connectivity index (χ3v) is 8.73. The molecule has 1 aliphatic rings. The fourth-order valence-corrected chi connectivity index (χ4v) is 6.49. The van der Waals surface area contributed by atoms with Crippen molar-refractivity contribution >= 4 is 40.2 Å². The predicted molar refractivity (Wildman–Crippen MR) is 143 cm³/mol. The lowest BCUT2D eigenvalue weighted by Gasteiger charge is -2.36. The topological polar surface area (TPSA) is 91.8 Å². The number of carbonyl (C=O) groups excluding carboxylic acids is 1. The van der Waals surface area contributed by atoms with Crippen LogP contribution in [-0.4, -0.2) is 51.4 Å². The number of anilines is 1. The predicted octanol–water partition coefficient (Wildman–Crippen LogP) is 6.54. The minimum Gasteiger partial charge on any atom is -0.497 e. The summed E-state index contributed by atoms with van der Waals surface area (Å²) < 4.78 is 5.04. The third-order valence-electron chi connectivity index (χ3n) is 6.53. The standard InChI is InChI=1S/C26H37N3O4S2/c1-18-8-12-20(13-9-18)29(16-6-5-7-19-10-14-21(33-4)15-11-19)25(32)28-24-27-17-22(34-24)35-26(2,3)23(30)31/h10-11,14-15,17-18,20H,5-9,12-13,16H2,1-4H3,(H,30,31)(H,27,28,32)/t18-,20-. The quantitative estimate of drug-likeness (QED) is 0.259. The van der Waals surface area contributed by atoms with Gasteiger partial charge in [-0.2, -0.15) is 0 Å². The fraction of sp³-hybridized carbons (Fsp3) is 0.577. The van der Waals surface area contributed by atoms with Crippen LogP contribution < -0.4 is 10.1 Å². The number of methoxy groups -OCH3 is 1. The average molecular weight is 520 g/mol. The van der Waals surface area contributed by atoms with Gasteiger partial charge in [-0.15, -0.1) is 0 Å². The van der Waals surface area contributed by atoms with Crippen molar-refractivity contribution in [2.45, 2.75) is 80.7 Å². The van der Waals surface area contributed by atoms with E-state index in [9.17, 15) is 14.7 Å². The highest BCUT2D eigenvalue weighted by molar-refractivity contribution is 8.03. The van der Waals surface area contributed by atoms with Gasteiger partial charge in [0.25, 0.3) is 0 Å². The van der Waals surface area contributed by atoms with Crippen LogP contribution >= 0.6 is 23.1 Å². The summed E-state index contributed by atoms with van der Waals surface area (Å²) in [4.78, 5) is 31.0. The summed E-state index contributed by atoms with van der Waals surface area (Å²) >= 11 is 2.56. The molecule has 1 fully saturated rings. The molecule has 0 unspecified atom stereocenters. The average Bonchev–Trinajstić information content (AvgIpc) is 3.26. The van der Waals surface area contributed by atoms with Crippen molar-refractivity contribution in [1.82, 2.24) is 9.88 Å². The summed E-state index contributed by atoms with van der Waals surface area (Å²) in [5.74, 6) is 0.689. The Kier molecular flexibility index (Phi) is 9.86. The van der Waals surface area contributed by atoms with Crippen LogP contribution in [0.25, 0.3) is 0 Å². The molecule has 3 rings (SSSR count). The van der Waals surface area contributed by atoms with Gasteiger partial charge < -0.3 is 14.7 Å². The van der Waals surface area contributed by atoms with E-state index in [0.29, 0.717) is 17.6 Å². The van der Waals surface area contributed by atoms with Gasteiger partial charge in [0, 0.05) is 12.6 Å². The summed E-state index contributed by atoms with van der Waals surface area (Å²) in [5, 5.41) is 12.9. The largest absolute Gasteiger partial charge is 0.497 e. The first kappa shape index (κ1) is 27.3. The molecular weight excluding hydrogens is 482 g/mol. The number of nitrogens with one attached hydrogen (secondary N) is 1. The van der Waals surface area contributed by atoms with Crippen molar-refractivity contribution in [3.05, 3.63) is 36.0 Å². The molecule has 0 spiro atoms. The van der Waals surface area contributed by atoms with E-state index in [0.717, 1.165) is 54.9 Å². The van der Waals surface area contributed by atoms with Crippen LogP contribution in [0.15, 0.2) is 34.7 Å². The highest BCUT2D eigenvalue weighted by atomic mass is 32.2. The lowest BCUT2D eigenvalue weighted by molar-refractivity contribution is -0.138. The molecule has 0 radical (unpaired) electrons. The normalized spacial score (nSPS) is 18.2. The molecule has 1 aromatic heterocycles. The van der Waals surface area contributed by atoms with Gasteiger partial charge in [0.15, 0.2) is 5.13 Å². The van der Waals surface area contributed by atoms with Crippen molar-refractivity contribution in [2.75, 3.05) is 19.0 Å². The molecule has 1 aromatic carbocycles. The summed E-state index contributed by atoms with van der Waals surface area (Å²) in [7, 11) is 1.67. The second-order valence-corrected chi connectivity index (χ2v) is 12.7. The zero-order chi connectivity index (χ0) is 25.4. The smallest absolute Gasteiger partial charge is 0.323 e. The lowest BCUT2D eigenvalue weighted by Crippen LogP contribution is -2.45. The number of aromatic nitrogens is 1. The number of carboxylic acids is 1. The Balaban J connectivity index is 1.58. The zero-order valence-corrected chi connectivity index (χ0v) is 22.7. The number of rotatable bonds is 11. The van der Waals surface area contributed by atoms with Crippen LogP contribution in [0.1, 0.15) is 64.9 Å². The van der Waals surface area contributed by atoms with E-state index in [1.807, 2.05) is 17.0 Å². The fourth-order valence-electron chi connectivity index (χ4n) is 4.23. The molecule has 1 saturated carbocycles. The molecule has 2 aromatic rings. The van der Waals surface area contributed by atoms with Crippen LogP contribution in [0, 0.1) is 5.92 Å². The van der Waals surface area contributed by atoms with Crippen LogP contribution in [-0.2, 0) is 11.2 Å². The Hall–Kier alpha value is -2.26. The van der Waals surface area contributed by atoms with E-state index in [2.05, 4.69) is 29.4 Å². The second-order valence-electron chi connectivity index (χ2n) is 9.74. The number of urea groups is 1. The maximum Gasteiger partial charge on any atom is 0.323 e. The van der Waals surface area contributed by atoms with Gasteiger partial charge >= 0.3 is 12.0 Å². The number of amides is 2. The monoisotopic (exact) mass is 519 g/mol. The summed E-state index contributed by atoms with van der Waals surface area (Å²) in [6.07, 6.45) is 8.87. The number of unbranched alkanes of at least 4 members (excludes halogenated alkanes) is 1. The van der Waals surface area contributed by atoms with Gasteiger partial charge in [-0.05, 0) is 82.4 Å². The van der Waals surface area contributed by atoms with Gasteiger partial charge in [0.05, 0.1) is 17.5 Å². The van der Waals surface area contributed by atoms with Crippen molar-refractivity contribution in [3.63, 3.8) is 0 Å². The maximum atomic E-state index is 13.3. The Morgan fingerprint density at radius 2 is 1.89 bits per heavy atom. The molecule has 7 nitrogen and oxygen atoms in total. The number of thiazole rings is 1. The number of carboxylic acid groups (broad SMARTS) is 1. The van der Waals surface area contributed by atoms with Crippen LogP contribution in [0.4, 0.5) is 9.93 Å². The molecule has 0 saturated heterocycles. The molecule has 9 heteroatoms. The van der Waals surface area contributed by atoms with Crippen molar-refractivity contribution in [1.29, 1.82) is 0 Å². The highest BCUT2D eigenvalue weighted by Crippen LogP contribution is 2.37. The Labute approximate surface area is 216 Å². The van der Waals surface area contributed by atoms with Gasteiger partial charge in [-0.25, -0.2) is 9.78 Å². The number of hydrogen-bond acceptors (Lipinski definition) is 6. The number of ether oxygens (including phenoxy) is 1. The number of benzene rings is 1. The van der Waals surface area contributed by atoms with Crippen LogP contribution in [0.5, 0.6) is 5.75 Å². The number of nitrogens with zero attached hydrogens (tertiary/aromatic N) is 2. The van der Waals surface area contributed by atoms with Crippen molar-refractivity contribution < 1.29 is 19.4 Å². The van der Waals surface area contributed by atoms with Crippen LogP contribution in [0.2, 0.25) is 0 Å². The van der Waals surface area contributed by atoms with Crippen molar-refractivity contribution in [3.8, 4) is 5.75 Å². The molecular formula is C26H37N3O4S2. The third kappa shape index (κ3) is 8.14. The molecule has 1 aliphatic carbocycles. The molecule has 2 N–H and O–H groups in total. The van der Waals surface area contributed by atoms with E-state index < -0.39 is 10.7 Å². The van der Waals surface area contributed by atoms with Gasteiger partial charge in [-0.3, -0.25) is 10.1 Å². The number of carbonyl (C=O) groups is 2. The van der Waals surface area contributed by atoms with Crippen LogP contribution in [0.3, 0.4) is 0 Å². The SMILES string of the molecule is COc1ccc(CCCCN(C(=O)Nc2ncc(SC(C)(C)C(=O)O)s2)[C@H]2CC[C@H](C)CC2)cc1. The number of thioether (sulfide) groups is 1. The Bertz CT molecular complexity index is 969. The molecule has 1 heterocycles. The van der Waals surface area contributed by atoms with E-state index >= 15 is 0 Å². The van der Waals surface area contributed by atoms with Gasteiger partial charge in [0.2, 0.25) is 0 Å². The van der Waals surface area contributed by atoms with Crippen molar-refractivity contribution in [2.24, 2.45) is 5.92 Å². The zero-order valence-electron chi connectivity index (χ0n) is 21.1. The van der Waals surface area contributed by atoms with Gasteiger partial charge in [-0.1, -0.05) is 42.2 Å². The molecule has 2 amide bonds. The van der Waals surface area contributed by atoms with E-state index in [4.69, 9.17) is 4.74 Å². The molecule has 0 aliphatic heterocycles. The minimum atomic E-state index is -0.956. The van der Waals surface area contributed by atoms with E-state index in [-0.39, 0.29) is 12.1 Å². The van der Waals surface area contributed by atoms with E-state index in [1.54, 1.807) is 27.2 Å². The Morgan fingerprint density at radius 1 is 1.20 bits per heavy atom. The van der Waals surface area contributed by atoms with E-state index in [1.165, 1.54) is 28.7 Å². The second kappa shape index (κ2) is 12.6. The number of hydrogen-bond donors (Lipinski definition) is 2. The first-order valence-electron chi connectivity index (χ1n) is 12.3. The number of aliphatic carboxylic acids is 1. The number of aryl methyl sites for hydroxylation is 1. The highest BCUT2D eigenvalue weighted by Gasteiger charge is 2.30. The molecule has 192 valence electrons. The Morgan fingerprint density at radius 3 is 2.51 bits per heavy atom. The van der Waals surface area contributed by atoms with Gasteiger partial charge in [0.1, 0.15) is 10.5 Å². The molecule has 0 atom stereocenters. The molecule has 0 bridgehead atoms. The summed E-state index contributed by atoms with van der Waals surface area (Å²) in [6, 6.07) is 8.28. The minimum absolute atomic E-state index is 0.114.